The smallest absolute Gasteiger partial charge is 0.262 e. The molecule has 4 aromatic rings. The SMILES string of the molecule is Cc1cc2cc(N)ccc2n1C(=O)c1ccc2ccn(C)c2c1. The van der Waals surface area contributed by atoms with Gasteiger partial charge in [0, 0.05) is 41.1 Å². The molecule has 0 fully saturated rings. The molecule has 0 aliphatic carbocycles. The third-order valence-electron chi connectivity index (χ3n) is 4.35. The number of aromatic nitrogens is 2. The number of fused-ring (bicyclic) bond motifs is 2. The Morgan fingerprint density at radius 3 is 2.61 bits per heavy atom. The van der Waals surface area contributed by atoms with Crippen molar-refractivity contribution < 1.29 is 4.79 Å². The molecule has 2 heterocycles. The van der Waals surface area contributed by atoms with Crippen LogP contribution in [-0.4, -0.2) is 15.0 Å². The van der Waals surface area contributed by atoms with E-state index in [9.17, 15) is 4.79 Å². The molecule has 114 valence electrons. The van der Waals surface area contributed by atoms with Gasteiger partial charge in [-0.2, -0.15) is 0 Å². The first-order valence-corrected chi connectivity index (χ1v) is 7.52. The lowest BCUT2D eigenvalue weighted by atomic mass is 10.1. The maximum Gasteiger partial charge on any atom is 0.262 e. The molecule has 2 N–H and O–H groups in total. The summed E-state index contributed by atoms with van der Waals surface area (Å²) in [6.07, 6.45) is 2.00. The van der Waals surface area contributed by atoms with E-state index in [-0.39, 0.29) is 5.91 Å². The van der Waals surface area contributed by atoms with E-state index in [4.69, 9.17) is 5.73 Å². The van der Waals surface area contributed by atoms with Crippen molar-refractivity contribution in [1.82, 2.24) is 9.13 Å². The molecule has 0 saturated heterocycles. The molecule has 4 heteroatoms. The van der Waals surface area contributed by atoms with Gasteiger partial charge in [-0.05, 0) is 54.8 Å². The van der Waals surface area contributed by atoms with Crippen LogP contribution < -0.4 is 5.73 Å². The molecule has 23 heavy (non-hydrogen) atoms. The summed E-state index contributed by atoms with van der Waals surface area (Å²) in [5.41, 5.74) is 10.1. The van der Waals surface area contributed by atoms with Crippen molar-refractivity contribution in [2.45, 2.75) is 6.92 Å². The second-order valence-corrected chi connectivity index (χ2v) is 5.94. The van der Waals surface area contributed by atoms with Crippen molar-refractivity contribution in [3.05, 3.63) is 66.0 Å². The Hall–Kier alpha value is -3.01. The summed E-state index contributed by atoms with van der Waals surface area (Å²) >= 11 is 0. The van der Waals surface area contributed by atoms with E-state index < -0.39 is 0 Å². The number of anilines is 1. The molecular formula is C19H17N3O. The topological polar surface area (TPSA) is 52.9 Å². The van der Waals surface area contributed by atoms with E-state index in [1.807, 2.05) is 73.3 Å². The summed E-state index contributed by atoms with van der Waals surface area (Å²) in [7, 11) is 1.98. The Balaban J connectivity index is 1.90. The van der Waals surface area contributed by atoms with Gasteiger partial charge in [-0.1, -0.05) is 6.07 Å². The number of hydrogen-bond acceptors (Lipinski definition) is 2. The fraction of sp³-hybridized carbons (Fsp3) is 0.105. The van der Waals surface area contributed by atoms with Crippen molar-refractivity contribution in [1.29, 1.82) is 0 Å². The predicted octanol–water partition coefficient (Wildman–Crippen LogP) is 3.71. The molecule has 0 radical (unpaired) electrons. The van der Waals surface area contributed by atoms with Crippen LogP contribution >= 0.6 is 0 Å². The first-order chi connectivity index (χ1) is 11.0. The predicted molar refractivity (Wildman–Crippen MR) is 93.7 cm³/mol. The molecule has 0 atom stereocenters. The Bertz CT molecular complexity index is 1070. The monoisotopic (exact) mass is 303 g/mol. The molecule has 0 amide bonds. The fourth-order valence-corrected chi connectivity index (χ4v) is 3.17. The van der Waals surface area contributed by atoms with Gasteiger partial charge in [-0.15, -0.1) is 0 Å². The number of nitrogens with two attached hydrogens (primary N) is 1. The lowest BCUT2D eigenvalue weighted by Gasteiger charge is -2.08. The minimum absolute atomic E-state index is 0.0228. The minimum Gasteiger partial charge on any atom is -0.399 e. The summed E-state index contributed by atoms with van der Waals surface area (Å²) in [6.45, 7) is 1.94. The van der Waals surface area contributed by atoms with Crippen LogP contribution in [0.4, 0.5) is 5.69 Å². The maximum absolute atomic E-state index is 13.0. The Labute approximate surface area is 133 Å². The normalized spacial score (nSPS) is 11.4. The molecule has 0 bridgehead atoms. The number of rotatable bonds is 1. The average Bonchev–Trinajstić information content (AvgIpc) is 3.05. The van der Waals surface area contributed by atoms with Crippen LogP contribution in [0.15, 0.2) is 54.7 Å². The first kappa shape index (κ1) is 13.6. The van der Waals surface area contributed by atoms with Crippen LogP contribution in [0.3, 0.4) is 0 Å². The van der Waals surface area contributed by atoms with Gasteiger partial charge in [-0.25, -0.2) is 0 Å². The maximum atomic E-state index is 13.0. The largest absolute Gasteiger partial charge is 0.399 e. The van der Waals surface area contributed by atoms with Gasteiger partial charge in [-0.3, -0.25) is 9.36 Å². The molecule has 4 rings (SSSR count). The lowest BCUT2D eigenvalue weighted by Crippen LogP contribution is -2.13. The van der Waals surface area contributed by atoms with Gasteiger partial charge in [0.15, 0.2) is 0 Å². The van der Waals surface area contributed by atoms with Crippen molar-refractivity contribution in [3.63, 3.8) is 0 Å². The second kappa shape index (κ2) is 4.74. The summed E-state index contributed by atoms with van der Waals surface area (Å²) in [6, 6.07) is 15.5. The van der Waals surface area contributed by atoms with Crippen molar-refractivity contribution in [3.8, 4) is 0 Å². The van der Waals surface area contributed by atoms with Crippen LogP contribution in [0, 0.1) is 6.92 Å². The molecule has 0 aliphatic rings. The zero-order valence-electron chi connectivity index (χ0n) is 13.1. The van der Waals surface area contributed by atoms with Crippen molar-refractivity contribution >= 4 is 33.4 Å². The number of carbonyl (C=O) groups is 1. The van der Waals surface area contributed by atoms with E-state index in [1.165, 1.54) is 0 Å². The Kier molecular flexibility index (Phi) is 2.81. The van der Waals surface area contributed by atoms with Crippen molar-refractivity contribution in [2.24, 2.45) is 7.05 Å². The van der Waals surface area contributed by atoms with Gasteiger partial charge in [0.05, 0.1) is 5.52 Å². The molecule has 0 spiro atoms. The van der Waals surface area contributed by atoms with Gasteiger partial charge in [0.1, 0.15) is 0 Å². The number of hydrogen-bond donors (Lipinski definition) is 1. The highest BCUT2D eigenvalue weighted by atomic mass is 16.2. The first-order valence-electron chi connectivity index (χ1n) is 7.52. The molecule has 0 saturated carbocycles. The number of nitrogen functional groups attached to an aromatic ring is 1. The Morgan fingerprint density at radius 1 is 0.957 bits per heavy atom. The number of benzene rings is 2. The second-order valence-electron chi connectivity index (χ2n) is 5.94. The highest BCUT2D eigenvalue weighted by Gasteiger charge is 2.15. The van der Waals surface area contributed by atoms with E-state index in [0.717, 1.165) is 27.5 Å². The van der Waals surface area contributed by atoms with Gasteiger partial charge >= 0.3 is 0 Å². The molecule has 0 aliphatic heterocycles. The summed E-state index contributed by atoms with van der Waals surface area (Å²) in [5.74, 6) is -0.0228. The van der Waals surface area contributed by atoms with Crippen LogP contribution in [0.1, 0.15) is 16.1 Å². The zero-order chi connectivity index (χ0) is 16.1. The quantitative estimate of drug-likeness (QED) is 0.545. The van der Waals surface area contributed by atoms with Crippen molar-refractivity contribution in [2.75, 3.05) is 5.73 Å². The van der Waals surface area contributed by atoms with Gasteiger partial charge < -0.3 is 10.3 Å². The summed E-state index contributed by atoms with van der Waals surface area (Å²) in [4.78, 5) is 13.0. The third kappa shape index (κ3) is 2.03. The molecule has 2 aromatic carbocycles. The number of aryl methyl sites for hydroxylation is 2. The Morgan fingerprint density at radius 2 is 1.78 bits per heavy atom. The standard InChI is InChI=1S/C19H17N3O/c1-12-9-15-10-16(20)5-6-17(15)22(12)19(23)14-4-3-13-7-8-21(2)18(13)11-14/h3-11H,20H2,1-2H3. The average molecular weight is 303 g/mol. The molecular weight excluding hydrogens is 286 g/mol. The highest BCUT2D eigenvalue weighted by molar-refractivity contribution is 6.05. The van der Waals surface area contributed by atoms with Crippen LogP contribution in [0.5, 0.6) is 0 Å². The van der Waals surface area contributed by atoms with Gasteiger partial charge in [0.2, 0.25) is 0 Å². The zero-order valence-corrected chi connectivity index (χ0v) is 13.1. The summed E-state index contributed by atoms with van der Waals surface area (Å²) < 4.78 is 3.77. The summed E-state index contributed by atoms with van der Waals surface area (Å²) in [5, 5.41) is 2.11. The van der Waals surface area contributed by atoms with Crippen LogP contribution in [0.2, 0.25) is 0 Å². The van der Waals surface area contributed by atoms with E-state index in [1.54, 1.807) is 4.57 Å². The lowest BCUT2D eigenvalue weighted by molar-refractivity contribution is 0.0963. The number of carbonyl (C=O) groups excluding carboxylic acids is 1. The van der Waals surface area contributed by atoms with Gasteiger partial charge in [0.25, 0.3) is 5.91 Å². The molecule has 2 aromatic heterocycles. The van der Waals surface area contributed by atoms with Crippen LogP contribution in [0.25, 0.3) is 21.8 Å². The van der Waals surface area contributed by atoms with E-state index >= 15 is 0 Å². The molecule has 0 unspecified atom stereocenters. The van der Waals surface area contributed by atoms with E-state index in [2.05, 4.69) is 0 Å². The highest BCUT2D eigenvalue weighted by Crippen LogP contribution is 2.24. The fourth-order valence-electron chi connectivity index (χ4n) is 3.17. The minimum atomic E-state index is -0.0228. The third-order valence-corrected chi connectivity index (χ3v) is 4.35. The molecule has 4 nitrogen and oxygen atoms in total. The number of nitrogens with zero attached hydrogens (tertiary/aromatic N) is 2. The van der Waals surface area contributed by atoms with E-state index in [0.29, 0.717) is 11.3 Å². The van der Waals surface area contributed by atoms with Crippen LogP contribution in [-0.2, 0) is 7.05 Å².